The van der Waals surface area contributed by atoms with Gasteiger partial charge >= 0.3 is 0 Å². The highest BCUT2D eigenvalue weighted by Gasteiger charge is 2.12. The molecule has 1 aromatic carbocycles. The summed E-state index contributed by atoms with van der Waals surface area (Å²) in [6, 6.07) is 8.46. The summed E-state index contributed by atoms with van der Waals surface area (Å²) < 4.78 is 2.04. The molecule has 4 heteroatoms. The Morgan fingerprint density at radius 2 is 2.00 bits per heavy atom. The van der Waals surface area contributed by atoms with Crippen LogP contribution in [0.1, 0.15) is 18.8 Å². The van der Waals surface area contributed by atoms with Gasteiger partial charge in [-0.15, -0.1) is 0 Å². The van der Waals surface area contributed by atoms with Crippen molar-refractivity contribution in [1.29, 1.82) is 0 Å². The molecule has 0 fully saturated rings. The summed E-state index contributed by atoms with van der Waals surface area (Å²) in [4.78, 5) is 6.48. The van der Waals surface area contributed by atoms with Crippen LogP contribution >= 0.6 is 0 Å². The van der Waals surface area contributed by atoms with Crippen LogP contribution in [0.3, 0.4) is 0 Å². The van der Waals surface area contributed by atoms with E-state index in [9.17, 15) is 0 Å². The molecule has 96 valence electrons. The Kier molecular flexibility index (Phi) is 3.55. The molecule has 1 unspecified atom stereocenters. The Hall–Kier alpha value is -1.97. The van der Waals surface area contributed by atoms with Crippen LogP contribution in [0.4, 0.5) is 11.4 Å². The van der Waals surface area contributed by atoms with E-state index in [2.05, 4.69) is 34.3 Å². The van der Waals surface area contributed by atoms with Crippen LogP contribution in [-0.2, 0) is 7.05 Å². The predicted molar refractivity (Wildman–Crippen MR) is 76.0 cm³/mol. The van der Waals surface area contributed by atoms with E-state index in [4.69, 9.17) is 0 Å². The fourth-order valence-electron chi connectivity index (χ4n) is 2.08. The summed E-state index contributed by atoms with van der Waals surface area (Å²) in [5.74, 6) is 1.03. The third kappa shape index (κ3) is 2.47. The monoisotopic (exact) mass is 244 g/mol. The zero-order valence-electron chi connectivity index (χ0n) is 11.4. The predicted octanol–water partition coefficient (Wildman–Crippen LogP) is 2.66. The number of benzene rings is 1. The summed E-state index contributed by atoms with van der Waals surface area (Å²) in [7, 11) is 6.11. The van der Waals surface area contributed by atoms with Crippen molar-refractivity contribution in [3.05, 3.63) is 42.5 Å². The molecule has 0 aliphatic rings. The Balaban J connectivity index is 2.22. The van der Waals surface area contributed by atoms with Crippen molar-refractivity contribution in [3.63, 3.8) is 0 Å². The molecule has 0 saturated heterocycles. The average Bonchev–Trinajstić information content (AvgIpc) is 2.76. The number of hydrogen-bond donors (Lipinski definition) is 1. The molecule has 0 radical (unpaired) electrons. The van der Waals surface area contributed by atoms with Crippen LogP contribution in [0.2, 0.25) is 0 Å². The molecule has 4 nitrogen and oxygen atoms in total. The van der Waals surface area contributed by atoms with Gasteiger partial charge in [0.05, 0.1) is 17.4 Å². The van der Waals surface area contributed by atoms with Crippen molar-refractivity contribution in [1.82, 2.24) is 9.55 Å². The lowest BCUT2D eigenvalue weighted by Crippen LogP contribution is -2.16. The minimum Gasteiger partial charge on any atom is -0.376 e. The average molecular weight is 244 g/mol. The molecule has 1 heterocycles. The van der Waals surface area contributed by atoms with Gasteiger partial charge in [-0.3, -0.25) is 0 Å². The lowest BCUT2D eigenvalue weighted by Gasteiger charge is -2.21. The van der Waals surface area contributed by atoms with Crippen LogP contribution in [0.15, 0.2) is 36.7 Å². The van der Waals surface area contributed by atoms with E-state index in [0.717, 1.165) is 11.5 Å². The normalized spacial score (nSPS) is 12.2. The molecule has 0 bridgehead atoms. The van der Waals surface area contributed by atoms with E-state index in [1.807, 2.05) is 50.2 Å². The number of imidazole rings is 1. The van der Waals surface area contributed by atoms with E-state index < -0.39 is 0 Å². The second-order valence-electron chi connectivity index (χ2n) is 4.67. The first-order chi connectivity index (χ1) is 8.59. The number of para-hydroxylation sites is 2. The van der Waals surface area contributed by atoms with Crippen LogP contribution in [0, 0.1) is 0 Å². The van der Waals surface area contributed by atoms with Crippen molar-refractivity contribution >= 4 is 11.4 Å². The topological polar surface area (TPSA) is 33.1 Å². The summed E-state index contributed by atoms with van der Waals surface area (Å²) in [6.07, 6.45) is 3.79. The first-order valence-corrected chi connectivity index (χ1v) is 6.09. The van der Waals surface area contributed by atoms with Crippen LogP contribution in [-0.4, -0.2) is 23.6 Å². The Morgan fingerprint density at radius 3 is 2.61 bits per heavy atom. The maximum atomic E-state index is 4.37. The van der Waals surface area contributed by atoms with Crippen molar-refractivity contribution in [2.24, 2.45) is 7.05 Å². The maximum absolute atomic E-state index is 4.37. The van der Waals surface area contributed by atoms with Crippen LogP contribution < -0.4 is 10.2 Å². The quantitative estimate of drug-likeness (QED) is 0.897. The summed E-state index contributed by atoms with van der Waals surface area (Å²) in [5.41, 5.74) is 2.30. The smallest absolute Gasteiger partial charge is 0.130 e. The standard InChI is InChI=1S/C14H20N4/c1-11(14-15-9-10-18(14)4)16-12-7-5-6-8-13(12)17(2)3/h5-11,16H,1-4H3. The Labute approximate surface area is 108 Å². The number of aromatic nitrogens is 2. The lowest BCUT2D eigenvalue weighted by molar-refractivity contribution is 0.721. The highest BCUT2D eigenvalue weighted by molar-refractivity contribution is 5.69. The van der Waals surface area contributed by atoms with E-state index in [1.165, 1.54) is 5.69 Å². The number of hydrogen-bond acceptors (Lipinski definition) is 3. The summed E-state index contributed by atoms with van der Waals surface area (Å²) >= 11 is 0. The number of nitrogens with zero attached hydrogens (tertiary/aromatic N) is 3. The molecule has 1 aromatic heterocycles. The Morgan fingerprint density at radius 1 is 1.28 bits per heavy atom. The van der Waals surface area contributed by atoms with Crippen molar-refractivity contribution < 1.29 is 0 Å². The molecule has 18 heavy (non-hydrogen) atoms. The minimum absolute atomic E-state index is 0.172. The van der Waals surface area contributed by atoms with E-state index in [-0.39, 0.29) is 6.04 Å². The van der Waals surface area contributed by atoms with Gasteiger partial charge in [0.15, 0.2) is 0 Å². The molecule has 1 N–H and O–H groups in total. The van der Waals surface area contributed by atoms with Gasteiger partial charge in [-0.05, 0) is 19.1 Å². The zero-order chi connectivity index (χ0) is 13.1. The number of nitrogens with one attached hydrogen (secondary N) is 1. The van der Waals surface area contributed by atoms with E-state index in [1.54, 1.807) is 0 Å². The van der Waals surface area contributed by atoms with Gasteiger partial charge in [-0.1, -0.05) is 12.1 Å². The van der Waals surface area contributed by atoms with Gasteiger partial charge in [0.1, 0.15) is 5.82 Å². The molecular weight excluding hydrogens is 224 g/mol. The number of rotatable bonds is 4. The van der Waals surface area contributed by atoms with Gasteiger partial charge in [0, 0.05) is 33.5 Å². The molecule has 2 aromatic rings. The fourth-order valence-corrected chi connectivity index (χ4v) is 2.08. The lowest BCUT2D eigenvalue weighted by atomic mass is 10.2. The molecule has 0 amide bonds. The van der Waals surface area contributed by atoms with Gasteiger partial charge in [0.2, 0.25) is 0 Å². The van der Waals surface area contributed by atoms with Crippen molar-refractivity contribution in [3.8, 4) is 0 Å². The third-order valence-electron chi connectivity index (χ3n) is 3.00. The van der Waals surface area contributed by atoms with E-state index >= 15 is 0 Å². The van der Waals surface area contributed by atoms with Gasteiger partial charge in [-0.2, -0.15) is 0 Å². The zero-order valence-corrected chi connectivity index (χ0v) is 11.4. The van der Waals surface area contributed by atoms with Gasteiger partial charge in [0.25, 0.3) is 0 Å². The number of aryl methyl sites for hydroxylation is 1. The van der Waals surface area contributed by atoms with Crippen LogP contribution in [0.25, 0.3) is 0 Å². The highest BCUT2D eigenvalue weighted by atomic mass is 15.1. The van der Waals surface area contributed by atoms with Crippen LogP contribution in [0.5, 0.6) is 0 Å². The first kappa shape index (κ1) is 12.5. The Bertz CT molecular complexity index is 516. The third-order valence-corrected chi connectivity index (χ3v) is 3.00. The van der Waals surface area contributed by atoms with Crippen molar-refractivity contribution in [2.45, 2.75) is 13.0 Å². The molecule has 2 rings (SSSR count). The van der Waals surface area contributed by atoms with E-state index in [0.29, 0.717) is 0 Å². The first-order valence-electron chi connectivity index (χ1n) is 6.09. The molecular formula is C14H20N4. The molecule has 0 saturated carbocycles. The van der Waals surface area contributed by atoms with Crippen molar-refractivity contribution in [2.75, 3.05) is 24.3 Å². The summed E-state index contributed by atoms with van der Waals surface area (Å²) in [5, 5.41) is 3.51. The fraction of sp³-hybridized carbons (Fsp3) is 0.357. The molecule has 0 aliphatic carbocycles. The largest absolute Gasteiger partial charge is 0.376 e. The van der Waals surface area contributed by atoms with Gasteiger partial charge < -0.3 is 14.8 Å². The second-order valence-corrected chi connectivity index (χ2v) is 4.67. The minimum atomic E-state index is 0.172. The number of anilines is 2. The molecule has 1 atom stereocenters. The molecule has 0 spiro atoms. The van der Waals surface area contributed by atoms with Gasteiger partial charge in [-0.25, -0.2) is 4.98 Å². The second kappa shape index (κ2) is 5.12. The highest BCUT2D eigenvalue weighted by Crippen LogP contribution is 2.27. The maximum Gasteiger partial charge on any atom is 0.130 e. The SMILES string of the molecule is CC(Nc1ccccc1N(C)C)c1nccn1C. The molecule has 0 aliphatic heterocycles. The summed E-state index contributed by atoms with van der Waals surface area (Å²) in [6.45, 7) is 2.12.